The molecule has 2 heterocycles. The molecule has 31 heavy (non-hydrogen) atoms. The van der Waals surface area contributed by atoms with Crippen LogP contribution in [0.3, 0.4) is 0 Å². The highest BCUT2D eigenvalue weighted by Gasteiger charge is 2.15. The first kappa shape index (κ1) is 20.7. The molecular weight excluding hydrogens is 410 g/mol. The number of aromatic nitrogens is 4. The lowest BCUT2D eigenvalue weighted by molar-refractivity contribution is -0.120. The summed E-state index contributed by atoms with van der Waals surface area (Å²) in [6.07, 6.45) is 0.272. The van der Waals surface area contributed by atoms with Crippen molar-refractivity contribution >= 4 is 17.2 Å². The van der Waals surface area contributed by atoms with Gasteiger partial charge < -0.3 is 10.1 Å². The van der Waals surface area contributed by atoms with Crippen LogP contribution in [-0.2, 0) is 17.8 Å². The van der Waals surface area contributed by atoms with E-state index in [0.29, 0.717) is 11.6 Å². The van der Waals surface area contributed by atoms with Crippen LogP contribution in [0.2, 0.25) is 0 Å². The van der Waals surface area contributed by atoms with Gasteiger partial charge in [-0.25, -0.2) is 9.97 Å². The Balaban J connectivity index is 1.39. The number of methoxy groups -OCH3 is 1. The van der Waals surface area contributed by atoms with Crippen molar-refractivity contribution in [2.45, 2.75) is 26.8 Å². The maximum Gasteiger partial charge on any atom is 0.225 e. The summed E-state index contributed by atoms with van der Waals surface area (Å²) < 4.78 is 5.17. The van der Waals surface area contributed by atoms with Crippen LogP contribution in [0.25, 0.3) is 22.6 Å². The molecule has 0 aliphatic carbocycles. The van der Waals surface area contributed by atoms with Crippen LogP contribution in [0.5, 0.6) is 5.75 Å². The first-order valence-corrected chi connectivity index (χ1v) is 10.7. The van der Waals surface area contributed by atoms with Gasteiger partial charge in [0.05, 0.1) is 30.8 Å². The minimum Gasteiger partial charge on any atom is -0.497 e. The third kappa shape index (κ3) is 4.97. The van der Waals surface area contributed by atoms with Gasteiger partial charge in [0, 0.05) is 16.0 Å². The molecule has 2 N–H and O–H groups in total. The summed E-state index contributed by atoms with van der Waals surface area (Å²) in [6, 6.07) is 15.7. The standard InChI is InChI=1S/C23H23N5O2S/c1-14-4-6-16(7-5-14)22-19(31-15(2)25-22)12-21(29)24-13-20-26-23(28-27-20)17-8-10-18(30-3)11-9-17/h4-11H,12-13H2,1-3H3,(H,24,29)(H,26,27,28). The van der Waals surface area contributed by atoms with Gasteiger partial charge in [-0.15, -0.1) is 11.3 Å². The van der Waals surface area contributed by atoms with Crippen molar-refractivity contribution in [3.63, 3.8) is 0 Å². The topological polar surface area (TPSA) is 92.8 Å². The van der Waals surface area contributed by atoms with Gasteiger partial charge in [0.25, 0.3) is 0 Å². The van der Waals surface area contributed by atoms with Crippen molar-refractivity contribution in [2.24, 2.45) is 0 Å². The number of nitrogens with one attached hydrogen (secondary N) is 2. The second kappa shape index (κ2) is 9.09. The molecule has 0 bridgehead atoms. The van der Waals surface area contributed by atoms with Gasteiger partial charge in [-0.3, -0.25) is 9.89 Å². The summed E-state index contributed by atoms with van der Waals surface area (Å²) in [5.74, 6) is 1.86. The minimum absolute atomic E-state index is 0.0839. The fraction of sp³-hybridized carbons (Fsp3) is 0.217. The van der Waals surface area contributed by atoms with E-state index in [1.807, 2.05) is 50.2 Å². The number of aromatic amines is 1. The average Bonchev–Trinajstić information content (AvgIpc) is 3.39. The molecule has 2 aromatic carbocycles. The smallest absolute Gasteiger partial charge is 0.225 e. The number of carbonyl (C=O) groups excluding carboxylic acids is 1. The molecule has 4 aromatic rings. The third-order valence-electron chi connectivity index (χ3n) is 4.78. The number of hydrogen-bond donors (Lipinski definition) is 2. The zero-order chi connectivity index (χ0) is 21.8. The van der Waals surface area contributed by atoms with Gasteiger partial charge in [-0.2, -0.15) is 5.10 Å². The van der Waals surface area contributed by atoms with E-state index in [2.05, 4.69) is 37.6 Å². The molecular formula is C23H23N5O2S. The van der Waals surface area contributed by atoms with E-state index >= 15 is 0 Å². The number of hydrogen-bond acceptors (Lipinski definition) is 6. The Hall–Kier alpha value is -3.52. The predicted molar refractivity (Wildman–Crippen MR) is 121 cm³/mol. The summed E-state index contributed by atoms with van der Waals surface area (Å²) in [7, 11) is 1.62. The molecule has 158 valence electrons. The van der Waals surface area contributed by atoms with E-state index in [-0.39, 0.29) is 18.9 Å². The second-order valence-corrected chi connectivity index (χ2v) is 8.45. The fourth-order valence-corrected chi connectivity index (χ4v) is 4.12. The van der Waals surface area contributed by atoms with Gasteiger partial charge in [0.15, 0.2) is 5.82 Å². The van der Waals surface area contributed by atoms with E-state index in [1.165, 1.54) is 5.56 Å². The highest BCUT2D eigenvalue weighted by molar-refractivity contribution is 7.12. The summed E-state index contributed by atoms with van der Waals surface area (Å²) in [4.78, 5) is 22.6. The number of amides is 1. The normalized spacial score (nSPS) is 10.8. The van der Waals surface area contributed by atoms with Gasteiger partial charge in [0.2, 0.25) is 5.91 Å². The number of carbonyl (C=O) groups is 1. The summed E-state index contributed by atoms with van der Waals surface area (Å²) in [5.41, 5.74) is 3.96. The zero-order valence-electron chi connectivity index (χ0n) is 17.6. The van der Waals surface area contributed by atoms with Crippen molar-refractivity contribution in [1.29, 1.82) is 0 Å². The molecule has 0 unspecified atom stereocenters. The lowest BCUT2D eigenvalue weighted by atomic mass is 10.1. The van der Waals surface area contributed by atoms with Crippen LogP contribution in [0, 0.1) is 13.8 Å². The van der Waals surface area contributed by atoms with Gasteiger partial charge in [0.1, 0.15) is 11.6 Å². The highest BCUT2D eigenvalue weighted by Crippen LogP contribution is 2.28. The molecule has 0 aliphatic heterocycles. The Labute approximate surface area is 184 Å². The van der Waals surface area contributed by atoms with Crippen LogP contribution in [0.15, 0.2) is 48.5 Å². The summed E-state index contributed by atoms with van der Waals surface area (Å²) in [5, 5.41) is 11.0. The first-order chi connectivity index (χ1) is 15.0. The summed E-state index contributed by atoms with van der Waals surface area (Å²) in [6.45, 7) is 4.28. The SMILES string of the molecule is COc1ccc(-c2n[nH]c(CNC(=O)Cc3sc(C)nc3-c3ccc(C)cc3)n2)cc1. The Morgan fingerprint density at radius 1 is 1.03 bits per heavy atom. The molecule has 2 aromatic heterocycles. The fourth-order valence-electron chi connectivity index (χ4n) is 3.16. The average molecular weight is 434 g/mol. The Bertz CT molecular complexity index is 1180. The quantitative estimate of drug-likeness (QED) is 0.458. The molecule has 0 fully saturated rings. The van der Waals surface area contributed by atoms with E-state index in [1.54, 1.807) is 18.4 Å². The Morgan fingerprint density at radius 3 is 2.45 bits per heavy atom. The zero-order valence-corrected chi connectivity index (χ0v) is 18.4. The molecule has 7 nitrogen and oxygen atoms in total. The van der Waals surface area contributed by atoms with Gasteiger partial charge in [-0.1, -0.05) is 29.8 Å². The maximum atomic E-state index is 12.6. The number of ether oxygens (including phenoxy) is 1. The van der Waals surface area contributed by atoms with E-state index in [4.69, 9.17) is 4.74 Å². The molecule has 0 radical (unpaired) electrons. The Kier molecular flexibility index (Phi) is 6.08. The first-order valence-electron chi connectivity index (χ1n) is 9.87. The van der Waals surface area contributed by atoms with Crippen LogP contribution in [0.1, 0.15) is 21.3 Å². The van der Waals surface area contributed by atoms with Crippen molar-refractivity contribution in [3.05, 3.63) is 69.8 Å². The third-order valence-corrected chi connectivity index (χ3v) is 5.75. The molecule has 0 aliphatic rings. The predicted octanol–water partition coefficient (Wildman–Crippen LogP) is 4.08. The second-order valence-electron chi connectivity index (χ2n) is 7.16. The van der Waals surface area contributed by atoms with Gasteiger partial charge in [-0.05, 0) is 38.1 Å². The van der Waals surface area contributed by atoms with Crippen molar-refractivity contribution in [3.8, 4) is 28.4 Å². The lowest BCUT2D eigenvalue weighted by Gasteiger charge is -2.04. The summed E-state index contributed by atoms with van der Waals surface area (Å²) >= 11 is 1.55. The monoisotopic (exact) mass is 433 g/mol. The molecule has 0 saturated heterocycles. The van der Waals surface area contributed by atoms with E-state index in [0.717, 1.165) is 32.5 Å². The molecule has 1 amide bonds. The molecule has 4 rings (SSSR count). The molecule has 0 atom stereocenters. The highest BCUT2D eigenvalue weighted by atomic mass is 32.1. The number of aryl methyl sites for hydroxylation is 2. The van der Waals surface area contributed by atoms with Crippen LogP contribution >= 0.6 is 11.3 Å². The Morgan fingerprint density at radius 2 is 1.74 bits per heavy atom. The lowest BCUT2D eigenvalue weighted by Crippen LogP contribution is -2.25. The van der Waals surface area contributed by atoms with E-state index in [9.17, 15) is 4.79 Å². The van der Waals surface area contributed by atoms with Crippen LogP contribution in [0.4, 0.5) is 0 Å². The molecule has 8 heteroatoms. The molecule has 0 spiro atoms. The van der Waals surface area contributed by atoms with Crippen molar-refractivity contribution in [2.75, 3.05) is 7.11 Å². The van der Waals surface area contributed by atoms with Gasteiger partial charge >= 0.3 is 0 Å². The van der Waals surface area contributed by atoms with Crippen molar-refractivity contribution < 1.29 is 9.53 Å². The number of benzene rings is 2. The number of nitrogens with zero attached hydrogens (tertiary/aromatic N) is 3. The number of thiazole rings is 1. The number of rotatable bonds is 7. The van der Waals surface area contributed by atoms with E-state index < -0.39 is 0 Å². The van der Waals surface area contributed by atoms with Crippen LogP contribution < -0.4 is 10.1 Å². The maximum absolute atomic E-state index is 12.6. The largest absolute Gasteiger partial charge is 0.497 e. The van der Waals surface area contributed by atoms with Crippen LogP contribution in [-0.4, -0.2) is 33.2 Å². The van der Waals surface area contributed by atoms with Crippen molar-refractivity contribution in [1.82, 2.24) is 25.5 Å². The molecule has 0 saturated carbocycles. The number of H-pyrrole nitrogens is 1. The minimum atomic E-state index is -0.0839.